The molecule has 0 amide bonds. The highest BCUT2D eigenvalue weighted by Crippen LogP contribution is 2.28. The molecule has 0 N–H and O–H groups in total. The van der Waals surface area contributed by atoms with Gasteiger partial charge in [0.25, 0.3) is 0 Å². The van der Waals surface area contributed by atoms with Gasteiger partial charge in [-0.15, -0.1) is 0 Å². The lowest BCUT2D eigenvalue weighted by Crippen LogP contribution is -1.98. The third kappa shape index (κ3) is 4.93. The van der Waals surface area contributed by atoms with Gasteiger partial charge < -0.3 is 4.74 Å². The summed E-state index contributed by atoms with van der Waals surface area (Å²) in [6.07, 6.45) is 4.60. The number of aryl methyl sites for hydroxylation is 2. The second-order valence-corrected chi connectivity index (χ2v) is 7.80. The molecule has 1 heterocycles. The quantitative estimate of drug-likeness (QED) is 0.271. The van der Waals surface area contributed by atoms with Gasteiger partial charge >= 0.3 is 0 Å². The van der Waals surface area contributed by atoms with Gasteiger partial charge in [-0.3, -0.25) is 4.98 Å². The topological polar surface area (TPSA) is 22.1 Å². The summed E-state index contributed by atoms with van der Waals surface area (Å²) in [5.74, 6) is -1.32. The molecule has 4 aromatic rings. The number of fused-ring (bicyclic) bond motifs is 1. The van der Waals surface area contributed by atoms with Crippen LogP contribution < -0.4 is 4.74 Å². The van der Waals surface area contributed by atoms with Crippen LogP contribution in [0.2, 0.25) is 0 Å². The summed E-state index contributed by atoms with van der Waals surface area (Å²) >= 11 is 0. The summed E-state index contributed by atoms with van der Waals surface area (Å²) in [6, 6.07) is 16.7. The molecule has 0 aliphatic heterocycles. The Bertz CT molecular complexity index is 1220. The number of benzene rings is 3. The van der Waals surface area contributed by atoms with Crippen molar-refractivity contribution in [1.29, 1.82) is 0 Å². The second kappa shape index (κ2) is 9.86. The van der Waals surface area contributed by atoms with Crippen molar-refractivity contribution in [2.45, 2.75) is 32.6 Å². The van der Waals surface area contributed by atoms with Crippen molar-refractivity contribution in [1.82, 2.24) is 4.98 Å². The number of pyridine rings is 1. The van der Waals surface area contributed by atoms with E-state index in [2.05, 4.69) is 11.9 Å². The molecule has 4 rings (SSSR count). The number of unbranched alkanes of at least 4 members (excludes halogenated alkanes) is 1. The summed E-state index contributed by atoms with van der Waals surface area (Å²) in [6.45, 7) is 2.79. The van der Waals surface area contributed by atoms with Crippen molar-refractivity contribution in [2.75, 3.05) is 6.61 Å². The van der Waals surface area contributed by atoms with Crippen LogP contribution in [0, 0.1) is 17.5 Å². The van der Waals surface area contributed by atoms with Crippen molar-refractivity contribution in [2.24, 2.45) is 0 Å². The van der Waals surface area contributed by atoms with E-state index < -0.39 is 11.6 Å². The molecule has 0 radical (unpaired) electrons. The van der Waals surface area contributed by atoms with Crippen LogP contribution in [-0.4, -0.2) is 11.6 Å². The lowest BCUT2D eigenvalue weighted by molar-refractivity contribution is 0.308. The second-order valence-electron chi connectivity index (χ2n) is 7.80. The van der Waals surface area contributed by atoms with Gasteiger partial charge in [-0.25, -0.2) is 13.2 Å². The molecule has 0 saturated heterocycles. The molecule has 0 aliphatic carbocycles. The normalized spacial score (nSPS) is 11.1. The maximum Gasteiger partial charge on any atom is 0.159 e. The number of nitrogens with zero attached hydrogens (tertiary/aromatic N) is 1. The van der Waals surface area contributed by atoms with E-state index in [1.54, 1.807) is 18.3 Å². The van der Waals surface area contributed by atoms with Crippen LogP contribution >= 0.6 is 0 Å². The van der Waals surface area contributed by atoms with E-state index in [1.807, 2.05) is 30.3 Å². The Kier molecular flexibility index (Phi) is 6.74. The minimum absolute atomic E-state index is 0.288. The zero-order valence-electron chi connectivity index (χ0n) is 17.9. The highest BCUT2D eigenvalue weighted by atomic mass is 19.2. The zero-order valence-corrected chi connectivity index (χ0v) is 17.9. The van der Waals surface area contributed by atoms with Gasteiger partial charge in [-0.05, 0) is 66.1 Å². The van der Waals surface area contributed by atoms with Gasteiger partial charge in [0.2, 0.25) is 0 Å². The van der Waals surface area contributed by atoms with Crippen LogP contribution in [0.15, 0.2) is 66.9 Å². The van der Waals surface area contributed by atoms with Gasteiger partial charge in [0.1, 0.15) is 11.6 Å². The number of rotatable bonds is 8. The molecule has 0 bridgehead atoms. The van der Waals surface area contributed by atoms with E-state index in [4.69, 9.17) is 4.74 Å². The lowest BCUT2D eigenvalue weighted by Gasteiger charge is -2.10. The number of hydrogen-bond acceptors (Lipinski definition) is 2. The predicted molar refractivity (Wildman–Crippen MR) is 121 cm³/mol. The van der Waals surface area contributed by atoms with Crippen molar-refractivity contribution < 1.29 is 17.9 Å². The Labute approximate surface area is 185 Å². The average Bonchev–Trinajstić information content (AvgIpc) is 2.81. The van der Waals surface area contributed by atoms with E-state index >= 15 is 4.39 Å². The monoisotopic (exact) mass is 435 g/mol. The largest absolute Gasteiger partial charge is 0.492 e. The highest BCUT2D eigenvalue weighted by Gasteiger charge is 2.10. The molecule has 0 fully saturated rings. The molecule has 3 aromatic carbocycles. The van der Waals surface area contributed by atoms with Crippen LogP contribution in [-0.2, 0) is 12.8 Å². The summed E-state index contributed by atoms with van der Waals surface area (Å²) in [5, 5.41) is 1.30. The Morgan fingerprint density at radius 2 is 1.72 bits per heavy atom. The molecule has 5 heteroatoms. The number of ether oxygens (including phenoxy) is 1. The summed E-state index contributed by atoms with van der Waals surface area (Å²) < 4.78 is 47.2. The van der Waals surface area contributed by atoms with Gasteiger partial charge in [0.15, 0.2) is 11.6 Å². The molecule has 32 heavy (non-hydrogen) atoms. The van der Waals surface area contributed by atoms with Crippen molar-refractivity contribution in [3.63, 3.8) is 0 Å². The highest BCUT2D eigenvalue weighted by molar-refractivity contribution is 5.88. The summed E-state index contributed by atoms with van der Waals surface area (Å²) in [7, 11) is 0. The third-order valence-corrected chi connectivity index (χ3v) is 5.50. The maximum atomic E-state index is 15.1. The molecule has 0 unspecified atom stereocenters. The van der Waals surface area contributed by atoms with Crippen molar-refractivity contribution in [3.8, 4) is 17.0 Å². The standard InChI is InChI=1S/C27H24F3NO/c1-2-3-14-32-22-10-13-26(31-17-22)21-9-11-23-20(16-21)8-7-19(27(23)30)6-4-18-5-12-24(28)25(29)15-18/h5,7-13,15-17H,2-4,6,14H2,1H3. The van der Waals surface area contributed by atoms with Crippen LogP contribution in [0.25, 0.3) is 22.0 Å². The maximum absolute atomic E-state index is 15.1. The Morgan fingerprint density at radius 3 is 2.47 bits per heavy atom. The molecule has 0 aliphatic rings. The Hall–Kier alpha value is -3.34. The van der Waals surface area contributed by atoms with Gasteiger partial charge in [0, 0.05) is 10.9 Å². The first-order chi connectivity index (χ1) is 15.5. The fraction of sp³-hybridized carbons (Fsp3) is 0.222. The van der Waals surface area contributed by atoms with E-state index in [0.717, 1.165) is 47.4 Å². The average molecular weight is 435 g/mol. The van der Waals surface area contributed by atoms with Gasteiger partial charge in [-0.1, -0.05) is 43.7 Å². The van der Waals surface area contributed by atoms with Crippen LogP contribution in [0.5, 0.6) is 5.75 Å². The summed E-state index contributed by atoms with van der Waals surface area (Å²) in [4.78, 5) is 4.47. The molecular weight excluding hydrogens is 411 g/mol. The molecule has 2 nitrogen and oxygen atoms in total. The molecular formula is C27H24F3NO. The van der Waals surface area contributed by atoms with Crippen molar-refractivity contribution >= 4 is 10.8 Å². The third-order valence-electron chi connectivity index (χ3n) is 5.50. The van der Waals surface area contributed by atoms with Gasteiger partial charge in [0.05, 0.1) is 18.5 Å². The predicted octanol–water partition coefficient (Wildman–Crippen LogP) is 7.28. The number of hydrogen-bond donors (Lipinski definition) is 0. The first-order valence-corrected chi connectivity index (χ1v) is 10.8. The fourth-order valence-electron chi connectivity index (χ4n) is 3.63. The smallest absolute Gasteiger partial charge is 0.159 e. The first-order valence-electron chi connectivity index (χ1n) is 10.8. The minimum atomic E-state index is -0.886. The van der Waals surface area contributed by atoms with E-state index in [0.29, 0.717) is 36.0 Å². The molecule has 0 spiro atoms. The SMILES string of the molecule is CCCCOc1ccc(-c2ccc3c(F)c(CCc4ccc(F)c(F)c4)ccc3c2)nc1. The first kappa shape index (κ1) is 21.9. The Balaban J connectivity index is 1.51. The number of aromatic nitrogens is 1. The van der Waals surface area contributed by atoms with E-state index in [1.165, 1.54) is 6.07 Å². The lowest BCUT2D eigenvalue weighted by atomic mass is 9.98. The van der Waals surface area contributed by atoms with E-state index in [-0.39, 0.29) is 5.82 Å². The summed E-state index contributed by atoms with van der Waals surface area (Å²) in [5.41, 5.74) is 2.86. The number of halogens is 3. The van der Waals surface area contributed by atoms with Crippen LogP contribution in [0.1, 0.15) is 30.9 Å². The minimum Gasteiger partial charge on any atom is -0.492 e. The molecule has 0 saturated carbocycles. The van der Waals surface area contributed by atoms with Crippen LogP contribution in [0.3, 0.4) is 0 Å². The van der Waals surface area contributed by atoms with E-state index in [9.17, 15) is 8.78 Å². The van der Waals surface area contributed by atoms with Crippen LogP contribution in [0.4, 0.5) is 13.2 Å². The molecule has 164 valence electrons. The van der Waals surface area contributed by atoms with Crippen molar-refractivity contribution in [3.05, 3.63) is 95.4 Å². The molecule has 1 aromatic heterocycles. The Morgan fingerprint density at radius 1 is 0.844 bits per heavy atom. The zero-order chi connectivity index (χ0) is 22.5. The fourth-order valence-corrected chi connectivity index (χ4v) is 3.63. The molecule has 0 atom stereocenters. The van der Waals surface area contributed by atoms with Gasteiger partial charge in [-0.2, -0.15) is 0 Å².